The molecular formula is C19H22N2O4. The second-order valence-electron chi connectivity index (χ2n) is 5.74. The number of methoxy groups -OCH3 is 1. The fourth-order valence-electron chi connectivity index (χ4n) is 2.57. The lowest BCUT2D eigenvalue weighted by Gasteiger charge is -2.08. The molecule has 1 aliphatic rings. The van der Waals surface area contributed by atoms with Gasteiger partial charge in [0.25, 0.3) is 0 Å². The number of fused-ring (bicyclic) bond motifs is 1. The Balaban J connectivity index is 1.34. The van der Waals surface area contributed by atoms with Crippen molar-refractivity contribution < 1.29 is 19.0 Å². The number of hydrogen-bond acceptors (Lipinski definition) is 5. The van der Waals surface area contributed by atoms with E-state index in [0.29, 0.717) is 13.1 Å². The van der Waals surface area contributed by atoms with Crippen molar-refractivity contribution in [3.8, 4) is 17.2 Å². The van der Waals surface area contributed by atoms with Gasteiger partial charge in [-0.3, -0.25) is 4.79 Å². The fourth-order valence-corrected chi connectivity index (χ4v) is 2.57. The Kier molecular flexibility index (Phi) is 5.74. The smallest absolute Gasteiger partial charge is 0.233 e. The number of rotatable bonds is 8. The Morgan fingerprint density at radius 2 is 1.84 bits per heavy atom. The summed E-state index contributed by atoms with van der Waals surface area (Å²) in [5, 5.41) is 6.04. The highest BCUT2D eigenvalue weighted by Crippen LogP contribution is 2.32. The number of amides is 1. The van der Waals surface area contributed by atoms with Gasteiger partial charge in [0.2, 0.25) is 12.7 Å². The molecule has 0 saturated carbocycles. The van der Waals surface area contributed by atoms with Crippen LogP contribution in [0.15, 0.2) is 42.5 Å². The monoisotopic (exact) mass is 342 g/mol. The molecule has 0 radical (unpaired) electrons. The predicted octanol–water partition coefficient (Wildman–Crippen LogP) is 1.87. The second kappa shape index (κ2) is 8.39. The minimum absolute atomic E-state index is 0.0192. The summed E-state index contributed by atoms with van der Waals surface area (Å²) in [6, 6.07) is 13.6. The van der Waals surface area contributed by atoms with E-state index < -0.39 is 0 Å². The topological polar surface area (TPSA) is 68.8 Å². The quantitative estimate of drug-likeness (QED) is 0.767. The van der Waals surface area contributed by atoms with Crippen LogP contribution in [0.2, 0.25) is 0 Å². The van der Waals surface area contributed by atoms with Crippen LogP contribution >= 0.6 is 0 Å². The maximum absolute atomic E-state index is 11.9. The van der Waals surface area contributed by atoms with E-state index in [1.165, 1.54) is 0 Å². The van der Waals surface area contributed by atoms with E-state index in [4.69, 9.17) is 14.2 Å². The molecule has 2 N–H and O–H groups in total. The van der Waals surface area contributed by atoms with Gasteiger partial charge in [0.05, 0.1) is 13.7 Å². The lowest BCUT2D eigenvalue weighted by atomic mass is 10.1. The summed E-state index contributed by atoms with van der Waals surface area (Å²) in [5.41, 5.74) is 2.21. The van der Waals surface area contributed by atoms with E-state index >= 15 is 0 Å². The van der Waals surface area contributed by atoms with Crippen LogP contribution in [0.5, 0.6) is 17.2 Å². The largest absolute Gasteiger partial charge is 0.497 e. The van der Waals surface area contributed by atoms with Gasteiger partial charge in [-0.05, 0) is 41.8 Å². The van der Waals surface area contributed by atoms with E-state index in [2.05, 4.69) is 10.6 Å². The predicted molar refractivity (Wildman–Crippen MR) is 94.0 cm³/mol. The molecule has 6 nitrogen and oxygen atoms in total. The molecule has 25 heavy (non-hydrogen) atoms. The highest BCUT2D eigenvalue weighted by molar-refractivity contribution is 5.77. The first kappa shape index (κ1) is 17.1. The third-order valence-corrected chi connectivity index (χ3v) is 3.95. The van der Waals surface area contributed by atoms with Crippen LogP contribution in [0.3, 0.4) is 0 Å². The molecular weight excluding hydrogens is 320 g/mol. The summed E-state index contributed by atoms with van der Waals surface area (Å²) in [6.45, 7) is 1.75. The molecule has 6 heteroatoms. The third kappa shape index (κ3) is 4.87. The van der Waals surface area contributed by atoms with E-state index in [-0.39, 0.29) is 19.2 Å². The zero-order chi connectivity index (χ0) is 17.5. The first-order valence-electron chi connectivity index (χ1n) is 8.23. The maximum Gasteiger partial charge on any atom is 0.233 e. The van der Waals surface area contributed by atoms with Gasteiger partial charge in [-0.15, -0.1) is 0 Å². The van der Waals surface area contributed by atoms with Gasteiger partial charge in [0.15, 0.2) is 11.5 Å². The Bertz CT molecular complexity index is 716. The highest BCUT2D eigenvalue weighted by atomic mass is 16.7. The molecule has 0 aliphatic carbocycles. The van der Waals surface area contributed by atoms with Gasteiger partial charge in [-0.1, -0.05) is 18.2 Å². The zero-order valence-electron chi connectivity index (χ0n) is 14.2. The number of benzene rings is 2. The first-order chi connectivity index (χ1) is 12.2. The number of hydrogen-bond donors (Lipinski definition) is 2. The molecule has 0 saturated heterocycles. The van der Waals surface area contributed by atoms with Gasteiger partial charge in [0.1, 0.15) is 5.75 Å². The summed E-state index contributed by atoms with van der Waals surface area (Å²) in [7, 11) is 1.64. The molecule has 0 fully saturated rings. The summed E-state index contributed by atoms with van der Waals surface area (Å²) < 4.78 is 15.7. The molecule has 3 rings (SSSR count). The van der Waals surface area contributed by atoms with Gasteiger partial charge in [-0.25, -0.2) is 0 Å². The molecule has 1 amide bonds. The van der Waals surface area contributed by atoms with Crippen molar-refractivity contribution in [2.45, 2.75) is 13.0 Å². The van der Waals surface area contributed by atoms with Crippen LogP contribution in [0.4, 0.5) is 0 Å². The summed E-state index contributed by atoms with van der Waals surface area (Å²) in [6.07, 6.45) is 0.790. The number of ether oxygens (including phenoxy) is 3. The van der Waals surface area contributed by atoms with E-state index in [9.17, 15) is 4.79 Å². The molecule has 0 spiro atoms. The molecule has 2 aromatic rings. The van der Waals surface area contributed by atoms with Gasteiger partial charge in [-0.2, -0.15) is 0 Å². The average molecular weight is 342 g/mol. The standard InChI is InChI=1S/C19H22N2O4/c1-23-16-5-2-14(3-6-16)8-9-21-19(22)12-20-11-15-4-7-17-18(10-15)25-13-24-17/h2-7,10,20H,8-9,11-13H2,1H3,(H,21,22). The van der Waals surface area contributed by atoms with Crippen LogP contribution < -0.4 is 24.8 Å². The minimum atomic E-state index is -0.0192. The van der Waals surface area contributed by atoms with Crippen LogP contribution in [0, 0.1) is 0 Å². The van der Waals surface area contributed by atoms with Crippen molar-refractivity contribution >= 4 is 5.91 Å². The zero-order valence-corrected chi connectivity index (χ0v) is 14.2. The Hall–Kier alpha value is -2.73. The Morgan fingerprint density at radius 1 is 1.08 bits per heavy atom. The van der Waals surface area contributed by atoms with Crippen LogP contribution in [-0.2, 0) is 17.8 Å². The summed E-state index contributed by atoms with van der Waals surface area (Å²) in [5.74, 6) is 2.33. The molecule has 2 aromatic carbocycles. The van der Waals surface area contributed by atoms with E-state index in [1.54, 1.807) is 7.11 Å². The third-order valence-electron chi connectivity index (χ3n) is 3.95. The van der Waals surface area contributed by atoms with Gasteiger partial charge in [0, 0.05) is 13.1 Å². The highest BCUT2D eigenvalue weighted by Gasteiger charge is 2.13. The van der Waals surface area contributed by atoms with Crippen LogP contribution in [0.25, 0.3) is 0 Å². The molecule has 0 unspecified atom stereocenters. The number of nitrogens with one attached hydrogen (secondary N) is 2. The molecule has 0 atom stereocenters. The lowest BCUT2D eigenvalue weighted by Crippen LogP contribution is -2.34. The lowest BCUT2D eigenvalue weighted by molar-refractivity contribution is -0.120. The molecule has 0 bridgehead atoms. The molecule has 132 valence electrons. The second-order valence-corrected chi connectivity index (χ2v) is 5.74. The SMILES string of the molecule is COc1ccc(CCNC(=O)CNCc2ccc3c(c2)OCO3)cc1. The van der Waals surface area contributed by atoms with Crippen molar-refractivity contribution in [1.29, 1.82) is 0 Å². The fraction of sp³-hybridized carbons (Fsp3) is 0.316. The van der Waals surface area contributed by atoms with Crippen molar-refractivity contribution in [3.63, 3.8) is 0 Å². The number of carbonyl (C=O) groups excluding carboxylic acids is 1. The van der Waals surface area contributed by atoms with Gasteiger partial charge < -0.3 is 24.8 Å². The van der Waals surface area contributed by atoms with E-state index in [0.717, 1.165) is 34.8 Å². The normalized spacial score (nSPS) is 12.0. The van der Waals surface area contributed by atoms with Gasteiger partial charge >= 0.3 is 0 Å². The average Bonchev–Trinajstić information content (AvgIpc) is 3.10. The van der Waals surface area contributed by atoms with Crippen LogP contribution in [0.1, 0.15) is 11.1 Å². The number of carbonyl (C=O) groups is 1. The first-order valence-corrected chi connectivity index (χ1v) is 8.23. The van der Waals surface area contributed by atoms with Crippen molar-refractivity contribution in [3.05, 3.63) is 53.6 Å². The Morgan fingerprint density at radius 3 is 2.64 bits per heavy atom. The summed E-state index contributed by atoms with van der Waals surface area (Å²) >= 11 is 0. The minimum Gasteiger partial charge on any atom is -0.497 e. The van der Waals surface area contributed by atoms with E-state index in [1.807, 2.05) is 42.5 Å². The molecule has 0 aromatic heterocycles. The van der Waals surface area contributed by atoms with Crippen molar-refractivity contribution in [2.75, 3.05) is 27.0 Å². The van der Waals surface area contributed by atoms with Crippen LogP contribution in [-0.4, -0.2) is 32.9 Å². The Labute approximate surface area is 147 Å². The van der Waals surface area contributed by atoms with Crippen molar-refractivity contribution in [1.82, 2.24) is 10.6 Å². The maximum atomic E-state index is 11.9. The van der Waals surface area contributed by atoms with Crippen molar-refractivity contribution in [2.24, 2.45) is 0 Å². The molecule has 1 heterocycles. The molecule has 1 aliphatic heterocycles. The summed E-state index contributed by atoms with van der Waals surface area (Å²) in [4.78, 5) is 11.9.